The van der Waals surface area contributed by atoms with Gasteiger partial charge in [0, 0.05) is 11.6 Å². The van der Waals surface area contributed by atoms with E-state index in [-0.39, 0.29) is 30.2 Å². The first-order chi connectivity index (χ1) is 13.0. The minimum Gasteiger partial charge on any atom is -0.481 e. The Labute approximate surface area is 157 Å². The molecule has 1 aliphatic rings. The number of carboxylic acid groups (broad SMARTS) is 1. The molecule has 6 heteroatoms. The third-order valence-corrected chi connectivity index (χ3v) is 4.79. The Balaban J connectivity index is 1.63. The van der Waals surface area contributed by atoms with Gasteiger partial charge in [0.15, 0.2) is 0 Å². The first kappa shape index (κ1) is 18.6. The van der Waals surface area contributed by atoms with E-state index in [9.17, 15) is 14.4 Å². The maximum Gasteiger partial charge on any atom is 0.306 e. The van der Waals surface area contributed by atoms with Gasteiger partial charge >= 0.3 is 5.97 Å². The molecule has 2 aromatic carbocycles. The fourth-order valence-corrected chi connectivity index (χ4v) is 3.18. The highest BCUT2D eigenvalue weighted by atomic mass is 16.4. The smallest absolute Gasteiger partial charge is 0.306 e. The Kier molecular flexibility index (Phi) is 5.86. The number of amides is 2. The molecule has 0 bridgehead atoms. The van der Waals surface area contributed by atoms with Crippen molar-refractivity contribution in [3.63, 3.8) is 0 Å². The van der Waals surface area contributed by atoms with Crippen molar-refractivity contribution >= 4 is 17.8 Å². The fourth-order valence-electron chi connectivity index (χ4n) is 3.18. The third-order valence-electron chi connectivity index (χ3n) is 4.79. The van der Waals surface area contributed by atoms with Crippen molar-refractivity contribution in [3.8, 4) is 0 Å². The Morgan fingerprint density at radius 2 is 1.56 bits per heavy atom. The molecule has 1 atom stereocenters. The molecule has 6 nitrogen and oxygen atoms in total. The van der Waals surface area contributed by atoms with Crippen molar-refractivity contribution in [3.05, 3.63) is 71.8 Å². The van der Waals surface area contributed by atoms with Gasteiger partial charge in [-0.05, 0) is 30.5 Å². The van der Waals surface area contributed by atoms with Crippen LogP contribution >= 0.6 is 0 Å². The Morgan fingerprint density at radius 3 is 2.15 bits per heavy atom. The second-order valence-corrected chi connectivity index (χ2v) is 6.78. The van der Waals surface area contributed by atoms with Gasteiger partial charge in [-0.1, -0.05) is 48.5 Å². The van der Waals surface area contributed by atoms with Crippen molar-refractivity contribution in [2.75, 3.05) is 0 Å². The van der Waals surface area contributed by atoms with Gasteiger partial charge in [-0.3, -0.25) is 14.4 Å². The highest BCUT2D eigenvalue weighted by molar-refractivity contribution is 5.94. The van der Waals surface area contributed by atoms with Crippen LogP contribution in [0.25, 0.3) is 0 Å². The average molecular weight is 366 g/mol. The minimum atomic E-state index is -0.821. The van der Waals surface area contributed by atoms with Gasteiger partial charge in [0.05, 0.1) is 18.4 Å². The average Bonchev–Trinajstić information content (AvgIpc) is 2.65. The van der Waals surface area contributed by atoms with Crippen molar-refractivity contribution in [1.82, 2.24) is 10.6 Å². The zero-order chi connectivity index (χ0) is 19.2. The van der Waals surface area contributed by atoms with E-state index < -0.39 is 12.0 Å². The van der Waals surface area contributed by atoms with Crippen LogP contribution in [0.5, 0.6) is 0 Å². The van der Waals surface area contributed by atoms with Crippen LogP contribution in [0.15, 0.2) is 60.7 Å². The summed E-state index contributed by atoms with van der Waals surface area (Å²) in [7, 11) is 0. The van der Waals surface area contributed by atoms with Crippen molar-refractivity contribution in [1.29, 1.82) is 0 Å². The monoisotopic (exact) mass is 366 g/mol. The number of carbonyl (C=O) groups excluding carboxylic acids is 2. The van der Waals surface area contributed by atoms with E-state index in [1.54, 1.807) is 24.3 Å². The third kappa shape index (κ3) is 4.94. The lowest BCUT2D eigenvalue weighted by Crippen LogP contribution is -2.47. The molecule has 1 saturated carbocycles. The molecule has 0 spiro atoms. The van der Waals surface area contributed by atoms with E-state index in [0.29, 0.717) is 18.4 Å². The molecule has 0 radical (unpaired) electrons. The van der Waals surface area contributed by atoms with E-state index in [1.807, 2.05) is 36.4 Å². The molecular weight excluding hydrogens is 344 g/mol. The van der Waals surface area contributed by atoms with Gasteiger partial charge < -0.3 is 15.7 Å². The molecular formula is C21H22N2O4. The number of benzene rings is 2. The number of carboxylic acids is 1. The van der Waals surface area contributed by atoms with Crippen LogP contribution in [0.4, 0.5) is 0 Å². The number of hydrogen-bond donors (Lipinski definition) is 3. The van der Waals surface area contributed by atoms with E-state index in [2.05, 4.69) is 10.6 Å². The zero-order valence-corrected chi connectivity index (χ0v) is 14.8. The molecule has 3 N–H and O–H groups in total. The van der Waals surface area contributed by atoms with Crippen LogP contribution in [0, 0.1) is 5.92 Å². The summed E-state index contributed by atoms with van der Waals surface area (Å²) in [6.07, 6.45) is 0.998. The summed E-state index contributed by atoms with van der Waals surface area (Å²) in [5.41, 5.74) is 1.37. The molecule has 3 rings (SSSR count). The first-order valence-electron chi connectivity index (χ1n) is 8.96. The van der Waals surface area contributed by atoms with Gasteiger partial charge in [0.2, 0.25) is 5.91 Å². The molecule has 2 aromatic rings. The zero-order valence-electron chi connectivity index (χ0n) is 14.8. The predicted molar refractivity (Wildman–Crippen MR) is 100.0 cm³/mol. The standard InChI is InChI=1S/C21H22N2O4/c24-19(22-17-11-16(12-17)21(26)27)13-18(14-7-3-1-4-8-14)23-20(25)15-9-5-2-6-10-15/h1-10,16-18H,11-13H2,(H,22,24)(H,23,25)(H,26,27). The van der Waals surface area contributed by atoms with E-state index >= 15 is 0 Å². The van der Waals surface area contributed by atoms with Crippen molar-refractivity contribution in [2.24, 2.45) is 5.92 Å². The minimum absolute atomic E-state index is 0.0941. The molecule has 0 saturated heterocycles. The number of aliphatic carboxylic acids is 1. The maximum absolute atomic E-state index is 12.5. The normalized spacial score (nSPS) is 19.4. The number of carbonyl (C=O) groups is 3. The summed E-state index contributed by atoms with van der Waals surface area (Å²) < 4.78 is 0. The Morgan fingerprint density at radius 1 is 0.963 bits per heavy atom. The quantitative estimate of drug-likeness (QED) is 0.702. The molecule has 27 heavy (non-hydrogen) atoms. The van der Waals surface area contributed by atoms with Crippen LogP contribution in [-0.4, -0.2) is 28.9 Å². The lowest BCUT2D eigenvalue weighted by molar-refractivity contribution is -0.146. The van der Waals surface area contributed by atoms with Crippen LogP contribution in [0.2, 0.25) is 0 Å². The van der Waals surface area contributed by atoms with Crippen LogP contribution < -0.4 is 10.6 Å². The Hall–Kier alpha value is -3.15. The van der Waals surface area contributed by atoms with E-state index in [1.165, 1.54) is 0 Å². The van der Waals surface area contributed by atoms with Gasteiger partial charge in [-0.15, -0.1) is 0 Å². The molecule has 1 aliphatic carbocycles. The lowest BCUT2D eigenvalue weighted by atomic mass is 9.80. The number of nitrogens with one attached hydrogen (secondary N) is 2. The molecule has 2 amide bonds. The predicted octanol–water partition coefficient (Wildman–Crippen LogP) is 2.53. The van der Waals surface area contributed by atoms with Crippen LogP contribution in [0.1, 0.15) is 41.2 Å². The lowest BCUT2D eigenvalue weighted by Gasteiger charge is -2.33. The molecule has 140 valence electrons. The summed E-state index contributed by atoms with van der Waals surface area (Å²) in [5, 5.41) is 14.7. The maximum atomic E-state index is 12.5. The first-order valence-corrected chi connectivity index (χ1v) is 8.96. The second-order valence-electron chi connectivity index (χ2n) is 6.78. The summed E-state index contributed by atoms with van der Waals surface area (Å²) in [6.45, 7) is 0. The number of hydrogen-bond acceptors (Lipinski definition) is 3. The molecule has 0 aliphatic heterocycles. The topological polar surface area (TPSA) is 95.5 Å². The fraction of sp³-hybridized carbons (Fsp3) is 0.286. The molecule has 1 fully saturated rings. The van der Waals surface area contributed by atoms with E-state index in [4.69, 9.17) is 5.11 Å². The highest BCUT2D eigenvalue weighted by Gasteiger charge is 2.35. The highest BCUT2D eigenvalue weighted by Crippen LogP contribution is 2.28. The van der Waals surface area contributed by atoms with Crippen LogP contribution in [0.3, 0.4) is 0 Å². The molecule has 1 unspecified atom stereocenters. The van der Waals surface area contributed by atoms with E-state index in [0.717, 1.165) is 5.56 Å². The van der Waals surface area contributed by atoms with Crippen molar-refractivity contribution in [2.45, 2.75) is 31.3 Å². The molecule has 0 aromatic heterocycles. The summed E-state index contributed by atoms with van der Waals surface area (Å²) in [4.78, 5) is 35.8. The number of rotatable bonds is 7. The summed E-state index contributed by atoms with van der Waals surface area (Å²) in [5.74, 6) is -1.64. The largest absolute Gasteiger partial charge is 0.481 e. The SMILES string of the molecule is O=C(CC(NC(=O)c1ccccc1)c1ccccc1)NC1CC(C(=O)O)C1. The van der Waals surface area contributed by atoms with Crippen LogP contribution in [-0.2, 0) is 9.59 Å². The van der Waals surface area contributed by atoms with Gasteiger partial charge in [0.1, 0.15) is 0 Å². The van der Waals surface area contributed by atoms with Gasteiger partial charge in [-0.25, -0.2) is 0 Å². The second kappa shape index (κ2) is 8.49. The van der Waals surface area contributed by atoms with Crippen molar-refractivity contribution < 1.29 is 19.5 Å². The molecule has 0 heterocycles. The summed E-state index contributed by atoms with van der Waals surface area (Å²) in [6, 6.07) is 17.6. The summed E-state index contributed by atoms with van der Waals surface area (Å²) >= 11 is 0. The van der Waals surface area contributed by atoms with Gasteiger partial charge in [0.25, 0.3) is 5.91 Å². The Bertz CT molecular complexity index is 801. The van der Waals surface area contributed by atoms with Gasteiger partial charge in [-0.2, -0.15) is 0 Å².